The molecule has 0 spiro atoms. The molecule has 1 unspecified atom stereocenters. The topological polar surface area (TPSA) is 23.5 Å². The van der Waals surface area contributed by atoms with Gasteiger partial charge in [-0.15, -0.1) is 0 Å². The van der Waals surface area contributed by atoms with Crippen molar-refractivity contribution < 1.29 is 5.11 Å². The maximum absolute atomic E-state index is 10.2. The van der Waals surface area contributed by atoms with Crippen LogP contribution in [0, 0.1) is 19.3 Å². The molecule has 1 fully saturated rings. The first-order valence-corrected chi connectivity index (χ1v) is 6.40. The molecule has 1 saturated heterocycles. The van der Waals surface area contributed by atoms with Gasteiger partial charge in [-0.1, -0.05) is 19.9 Å². The highest BCUT2D eigenvalue weighted by molar-refractivity contribution is 5.51. The van der Waals surface area contributed by atoms with Crippen molar-refractivity contribution in [1.29, 1.82) is 0 Å². The predicted molar refractivity (Wildman–Crippen MR) is 72.5 cm³/mol. The lowest BCUT2D eigenvalue weighted by Gasteiger charge is -2.42. The number of aliphatic hydroxyl groups excluding tert-OH is 1. The SMILES string of the molecule is Cc1cc(C)cc(N2CCC(C)(C)C(O)C2)c1. The number of rotatable bonds is 1. The molecular formula is C15H23NO. The molecule has 1 heterocycles. The number of nitrogens with zero attached hydrogens (tertiary/aromatic N) is 1. The molecule has 0 amide bonds. The number of anilines is 1. The van der Waals surface area contributed by atoms with Gasteiger partial charge in [-0.2, -0.15) is 0 Å². The van der Waals surface area contributed by atoms with Gasteiger partial charge in [0.05, 0.1) is 6.10 Å². The summed E-state index contributed by atoms with van der Waals surface area (Å²) in [6, 6.07) is 6.60. The number of benzene rings is 1. The fourth-order valence-electron chi connectivity index (χ4n) is 2.50. The Morgan fingerprint density at radius 3 is 2.29 bits per heavy atom. The van der Waals surface area contributed by atoms with Gasteiger partial charge in [0, 0.05) is 18.8 Å². The average Bonchev–Trinajstić information content (AvgIpc) is 2.20. The van der Waals surface area contributed by atoms with E-state index in [1.165, 1.54) is 16.8 Å². The lowest BCUT2D eigenvalue weighted by Crippen LogP contribution is -2.48. The molecule has 2 heteroatoms. The van der Waals surface area contributed by atoms with Gasteiger partial charge in [0.1, 0.15) is 0 Å². The zero-order valence-electron chi connectivity index (χ0n) is 11.3. The van der Waals surface area contributed by atoms with Gasteiger partial charge in [0.2, 0.25) is 0 Å². The highest BCUT2D eigenvalue weighted by Gasteiger charge is 2.34. The maximum Gasteiger partial charge on any atom is 0.0766 e. The van der Waals surface area contributed by atoms with E-state index in [4.69, 9.17) is 0 Å². The van der Waals surface area contributed by atoms with E-state index in [1.807, 2.05) is 0 Å². The van der Waals surface area contributed by atoms with Crippen molar-refractivity contribution in [3.63, 3.8) is 0 Å². The quantitative estimate of drug-likeness (QED) is 0.806. The Hall–Kier alpha value is -1.02. The van der Waals surface area contributed by atoms with Crippen molar-refractivity contribution >= 4 is 5.69 Å². The van der Waals surface area contributed by atoms with Crippen LogP contribution >= 0.6 is 0 Å². The minimum absolute atomic E-state index is 0.0510. The summed E-state index contributed by atoms with van der Waals surface area (Å²) in [7, 11) is 0. The van der Waals surface area contributed by atoms with Gasteiger partial charge >= 0.3 is 0 Å². The molecule has 1 aliphatic rings. The molecule has 1 aromatic carbocycles. The first kappa shape index (κ1) is 12.4. The summed E-state index contributed by atoms with van der Waals surface area (Å²) in [5.74, 6) is 0. The third kappa shape index (κ3) is 2.63. The van der Waals surface area contributed by atoms with Gasteiger partial charge in [-0.3, -0.25) is 0 Å². The number of hydrogen-bond acceptors (Lipinski definition) is 2. The predicted octanol–water partition coefficient (Wildman–Crippen LogP) is 2.90. The Balaban J connectivity index is 2.19. The Bertz CT molecular complexity index is 391. The minimum Gasteiger partial charge on any atom is -0.391 e. The maximum atomic E-state index is 10.2. The highest BCUT2D eigenvalue weighted by atomic mass is 16.3. The van der Waals surface area contributed by atoms with Gasteiger partial charge in [0.25, 0.3) is 0 Å². The minimum atomic E-state index is -0.239. The van der Waals surface area contributed by atoms with E-state index in [2.05, 4.69) is 50.8 Å². The van der Waals surface area contributed by atoms with Crippen LogP contribution in [-0.4, -0.2) is 24.3 Å². The summed E-state index contributed by atoms with van der Waals surface area (Å²) in [6.07, 6.45) is 0.804. The van der Waals surface area contributed by atoms with E-state index in [0.717, 1.165) is 19.5 Å². The average molecular weight is 233 g/mol. The van der Waals surface area contributed by atoms with E-state index in [1.54, 1.807) is 0 Å². The molecule has 1 N–H and O–H groups in total. The lowest BCUT2D eigenvalue weighted by molar-refractivity contribution is 0.0351. The first-order valence-electron chi connectivity index (χ1n) is 6.40. The molecule has 1 aliphatic heterocycles. The summed E-state index contributed by atoms with van der Waals surface area (Å²) >= 11 is 0. The molecule has 94 valence electrons. The molecule has 2 rings (SSSR count). The van der Waals surface area contributed by atoms with Gasteiger partial charge < -0.3 is 10.0 Å². The molecule has 0 saturated carbocycles. The van der Waals surface area contributed by atoms with Crippen LogP contribution < -0.4 is 4.90 Å². The van der Waals surface area contributed by atoms with Crippen LogP contribution in [-0.2, 0) is 0 Å². The summed E-state index contributed by atoms with van der Waals surface area (Å²) in [4.78, 5) is 2.30. The molecule has 1 atom stereocenters. The van der Waals surface area contributed by atoms with Gasteiger partial charge in [-0.05, 0) is 48.9 Å². The van der Waals surface area contributed by atoms with E-state index in [9.17, 15) is 5.11 Å². The summed E-state index contributed by atoms with van der Waals surface area (Å²) in [6.45, 7) is 10.3. The number of aliphatic hydroxyl groups is 1. The van der Waals surface area contributed by atoms with E-state index in [-0.39, 0.29) is 11.5 Å². The van der Waals surface area contributed by atoms with E-state index >= 15 is 0 Å². The smallest absolute Gasteiger partial charge is 0.0766 e. The van der Waals surface area contributed by atoms with Crippen molar-refractivity contribution in [2.75, 3.05) is 18.0 Å². The second-order valence-electron chi connectivity index (χ2n) is 6.05. The van der Waals surface area contributed by atoms with Crippen LogP contribution in [0.2, 0.25) is 0 Å². The molecule has 2 nitrogen and oxygen atoms in total. The molecule has 0 bridgehead atoms. The Labute approximate surface area is 104 Å². The fourth-order valence-corrected chi connectivity index (χ4v) is 2.50. The fraction of sp³-hybridized carbons (Fsp3) is 0.600. The van der Waals surface area contributed by atoms with Crippen molar-refractivity contribution in [3.05, 3.63) is 29.3 Å². The molecule has 1 aromatic rings. The van der Waals surface area contributed by atoms with Gasteiger partial charge in [-0.25, -0.2) is 0 Å². The highest BCUT2D eigenvalue weighted by Crippen LogP contribution is 2.33. The van der Waals surface area contributed by atoms with Crippen molar-refractivity contribution in [1.82, 2.24) is 0 Å². The Morgan fingerprint density at radius 1 is 1.18 bits per heavy atom. The van der Waals surface area contributed by atoms with Gasteiger partial charge in [0.15, 0.2) is 0 Å². The van der Waals surface area contributed by atoms with Crippen LogP contribution in [0.3, 0.4) is 0 Å². The van der Waals surface area contributed by atoms with Crippen LogP contribution in [0.25, 0.3) is 0 Å². The van der Waals surface area contributed by atoms with Crippen LogP contribution in [0.5, 0.6) is 0 Å². The summed E-state index contributed by atoms with van der Waals surface area (Å²) in [5.41, 5.74) is 3.88. The standard InChI is InChI=1S/C15H23NO/c1-11-7-12(2)9-13(8-11)16-6-5-15(3,4)14(17)10-16/h7-9,14,17H,5-6,10H2,1-4H3. The van der Waals surface area contributed by atoms with Crippen molar-refractivity contribution in [2.45, 2.75) is 40.2 Å². The summed E-state index contributed by atoms with van der Waals surface area (Å²) in [5, 5.41) is 10.2. The third-order valence-electron chi connectivity index (χ3n) is 3.89. The lowest BCUT2D eigenvalue weighted by atomic mass is 9.80. The van der Waals surface area contributed by atoms with Crippen molar-refractivity contribution in [2.24, 2.45) is 5.41 Å². The second-order valence-corrected chi connectivity index (χ2v) is 6.05. The van der Waals surface area contributed by atoms with Crippen LogP contribution in [0.15, 0.2) is 18.2 Å². The van der Waals surface area contributed by atoms with Crippen LogP contribution in [0.1, 0.15) is 31.4 Å². The Kier molecular flexibility index (Phi) is 3.17. The van der Waals surface area contributed by atoms with Crippen molar-refractivity contribution in [3.8, 4) is 0 Å². The number of piperidine rings is 1. The normalized spacial score (nSPS) is 23.8. The first-order chi connectivity index (χ1) is 7.88. The molecular weight excluding hydrogens is 210 g/mol. The largest absolute Gasteiger partial charge is 0.391 e. The number of aryl methyl sites for hydroxylation is 2. The molecule has 0 aliphatic carbocycles. The second kappa shape index (κ2) is 4.34. The Morgan fingerprint density at radius 2 is 1.76 bits per heavy atom. The van der Waals surface area contributed by atoms with E-state index in [0.29, 0.717) is 0 Å². The molecule has 0 radical (unpaired) electrons. The van der Waals surface area contributed by atoms with E-state index < -0.39 is 0 Å². The molecule has 17 heavy (non-hydrogen) atoms. The number of hydrogen-bond donors (Lipinski definition) is 1. The van der Waals surface area contributed by atoms with Crippen LogP contribution in [0.4, 0.5) is 5.69 Å². The zero-order chi connectivity index (χ0) is 12.6. The number of β-amino-alcohol motifs (C(OH)–C–C–N with tert-alkyl or cyclic N) is 1. The molecule has 0 aromatic heterocycles. The summed E-state index contributed by atoms with van der Waals surface area (Å²) < 4.78 is 0. The zero-order valence-corrected chi connectivity index (χ0v) is 11.3. The third-order valence-corrected chi connectivity index (χ3v) is 3.89. The monoisotopic (exact) mass is 233 g/mol.